The summed E-state index contributed by atoms with van der Waals surface area (Å²) in [6, 6.07) is 7.97. The van der Waals surface area contributed by atoms with Crippen molar-refractivity contribution in [1.29, 1.82) is 0 Å². The molecular formula is C18H24ClNO2. The van der Waals surface area contributed by atoms with Crippen LogP contribution in [0.1, 0.15) is 48.0 Å². The molecule has 0 atom stereocenters. The number of carboxylic acid groups (broad SMARTS) is 1. The van der Waals surface area contributed by atoms with Gasteiger partial charge in [0.05, 0.1) is 5.56 Å². The van der Waals surface area contributed by atoms with E-state index in [-0.39, 0.29) is 12.4 Å². The first-order valence-corrected chi connectivity index (χ1v) is 8.24. The molecule has 0 radical (unpaired) electrons. The van der Waals surface area contributed by atoms with Crippen molar-refractivity contribution >= 4 is 18.4 Å². The summed E-state index contributed by atoms with van der Waals surface area (Å²) in [6.07, 6.45) is 7.23. The first-order valence-electron chi connectivity index (χ1n) is 8.24. The zero-order valence-electron chi connectivity index (χ0n) is 12.7. The van der Waals surface area contributed by atoms with Crippen LogP contribution in [-0.4, -0.2) is 17.1 Å². The van der Waals surface area contributed by atoms with E-state index in [9.17, 15) is 4.79 Å². The Balaban J connectivity index is 0.00000144. The summed E-state index contributed by atoms with van der Waals surface area (Å²) in [4.78, 5) is 10.9. The Morgan fingerprint density at radius 2 is 1.55 bits per heavy atom. The third-order valence-electron chi connectivity index (χ3n) is 5.97. The number of hydrogen-bond acceptors (Lipinski definition) is 2. The van der Waals surface area contributed by atoms with Gasteiger partial charge in [-0.2, -0.15) is 0 Å². The second kappa shape index (κ2) is 6.21. The van der Waals surface area contributed by atoms with Gasteiger partial charge in [0.15, 0.2) is 0 Å². The average Bonchev–Trinajstić information content (AvgIpc) is 2.46. The van der Waals surface area contributed by atoms with Crippen LogP contribution in [0.4, 0.5) is 0 Å². The molecule has 0 spiro atoms. The SMILES string of the molecule is Cl.O=C(O)c1ccc(CNC2C3CC4CC(C3)CC2C4)cc1. The summed E-state index contributed by atoms with van der Waals surface area (Å²) in [5.74, 6) is 2.95. The van der Waals surface area contributed by atoms with Crippen molar-refractivity contribution in [1.82, 2.24) is 5.32 Å². The van der Waals surface area contributed by atoms with Crippen molar-refractivity contribution in [2.24, 2.45) is 23.7 Å². The first-order chi connectivity index (χ1) is 10.2. The Kier molecular flexibility index (Phi) is 4.47. The van der Waals surface area contributed by atoms with Crippen molar-refractivity contribution in [2.45, 2.75) is 44.7 Å². The topological polar surface area (TPSA) is 49.3 Å². The van der Waals surface area contributed by atoms with Crippen LogP contribution in [0.3, 0.4) is 0 Å². The molecule has 1 aromatic rings. The average molecular weight is 322 g/mol. The Morgan fingerprint density at radius 1 is 1.00 bits per heavy atom. The number of carboxylic acids is 1. The van der Waals surface area contributed by atoms with Gasteiger partial charge in [-0.1, -0.05) is 12.1 Å². The monoisotopic (exact) mass is 321 g/mol. The standard InChI is InChI=1S/C18H23NO2.ClH/c20-18(21)14-3-1-11(2-4-14)10-19-17-15-6-12-5-13(8-15)9-16(17)7-12;/h1-4,12-13,15-17,19H,5-10H2,(H,20,21);1H. The molecule has 120 valence electrons. The molecule has 0 unspecified atom stereocenters. The van der Waals surface area contributed by atoms with Gasteiger partial charge in [0.1, 0.15) is 0 Å². The summed E-state index contributed by atoms with van der Waals surface area (Å²) >= 11 is 0. The van der Waals surface area contributed by atoms with Crippen LogP contribution in [0.2, 0.25) is 0 Å². The predicted molar refractivity (Wildman–Crippen MR) is 88.3 cm³/mol. The Labute approximate surface area is 137 Å². The third kappa shape index (κ3) is 2.89. The second-order valence-corrected chi connectivity index (χ2v) is 7.34. The van der Waals surface area contributed by atoms with E-state index in [1.165, 1.54) is 37.7 Å². The molecule has 0 amide bonds. The van der Waals surface area contributed by atoms with Crippen molar-refractivity contribution in [2.75, 3.05) is 0 Å². The predicted octanol–water partition coefficient (Wildman–Crippen LogP) is 3.72. The van der Waals surface area contributed by atoms with Crippen molar-refractivity contribution in [3.63, 3.8) is 0 Å². The molecule has 3 nitrogen and oxygen atoms in total. The van der Waals surface area contributed by atoms with Crippen LogP contribution in [0.15, 0.2) is 24.3 Å². The van der Waals surface area contributed by atoms with E-state index < -0.39 is 5.97 Å². The van der Waals surface area contributed by atoms with Gasteiger partial charge in [-0.3, -0.25) is 0 Å². The van der Waals surface area contributed by atoms with E-state index in [1.54, 1.807) is 12.1 Å². The lowest BCUT2D eigenvalue weighted by molar-refractivity contribution is -0.0142. The number of nitrogens with one attached hydrogen (secondary N) is 1. The fourth-order valence-electron chi connectivity index (χ4n) is 5.26. The number of aromatic carboxylic acids is 1. The van der Waals surface area contributed by atoms with E-state index in [2.05, 4.69) is 5.32 Å². The number of rotatable bonds is 4. The van der Waals surface area contributed by atoms with Crippen LogP contribution in [0.5, 0.6) is 0 Å². The maximum Gasteiger partial charge on any atom is 0.335 e. The zero-order valence-corrected chi connectivity index (χ0v) is 13.5. The first kappa shape index (κ1) is 15.8. The van der Waals surface area contributed by atoms with E-state index in [4.69, 9.17) is 5.11 Å². The normalized spacial score (nSPS) is 35.2. The quantitative estimate of drug-likeness (QED) is 0.888. The molecule has 0 saturated heterocycles. The van der Waals surface area contributed by atoms with Crippen molar-refractivity contribution < 1.29 is 9.90 Å². The molecule has 4 aliphatic rings. The van der Waals surface area contributed by atoms with Gasteiger partial charge in [-0.25, -0.2) is 4.79 Å². The molecule has 0 aliphatic heterocycles. The fourth-order valence-corrected chi connectivity index (χ4v) is 5.26. The molecule has 4 bridgehead atoms. The lowest BCUT2D eigenvalue weighted by Gasteiger charge is -2.54. The fraction of sp³-hybridized carbons (Fsp3) is 0.611. The van der Waals surface area contributed by atoms with Crippen LogP contribution in [-0.2, 0) is 6.54 Å². The Hall–Kier alpha value is -1.06. The van der Waals surface area contributed by atoms with Crippen LogP contribution < -0.4 is 5.32 Å². The summed E-state index contributed by atoms with van der Waals surface area (Å²) in [5.41, 5.74) is 1.56. The molecule has 4 aliphatic carbocycles. The van der Waals surface area contributed by atoms with Gasteiger partial charge in [0.2, 0.25) is 0 Å². The van der Waals surface area contributed by atoms with Crippen LogP contribution in [0, 0.1) is 23.7 Å². The molecule has 4 heteroatoms. The van der Waals surface area contributed by atoms with Crippen LogP contribution in [0.25, 0.3) is 0 Å². The molecule has 2 N–H and O–H groups in total. The molecule has 0 heterocycles. The summed E-state index contributed by atoms with van der Waals surface area (Å²) in [5, 5.41) is 12.7. The lowest BCUT2D eigenvalue weighted by Crippen LogP contribution is -2.54. The minimum absolute atomic E-state index is 0. The third-order valence-corrected chi connectivity index (χ3v) is 5.97. The van der Waals surface area contributed by atoms with Crippen LogP contribution >= 0.6 is 12.4 Å². The molecule has 4 saturated carbocycles. The highest BCUT2D eigenvalue weighted by molar-refractivity contribution is 5.87. The molecule has 1 aromatic carbocycles. The molecule has 22 heavy (non-hydrogen) atoms. The molecular weight excluding hydrogens is 298 g/mol. The summed E-state index contributed by atoms with van der Waals surface area (Å²) in [7, 11) is 0. The largest absolute Gasteiger partial charge is 0.478 e. The van der Waals surface area contributed by atoms with Gasteiger partial charge in [-0.15, -0.1) is 12.4 Å². The number of halogens is 1. The molecule has 5 rings (SSSR count). The maximum atomic E-state index is 10.9. The highest BCUT2D eigenvalue weighted by atomic mass is 35.5. The van der Waals surface area contributed by atoms with E-state index >= 15 is 0 Å². The van der Waals surface area contributed by atoms with Gasteiger partial charge in [0, 0.05) is 12.6 Å². The highest BCUT2D eigenvalue weighted by Gasteiger charge is 2.47. The minimum Gasteiger partial charge on any atom is -0.478 e. The van der Waals surface area contributed by atoms with E-state index in [0.717, 1.165) is 30.2 Å². The van der Waals surface area contributed by atoms with Crippen molar-refractivity contribution in [3.05, 3.63) is 35.4 Å². The molecule has 4 fully saturated rings. The minimum atomic E-state index is -0.851. The summed E-state index contributed by atoms with van der Waals surface area (Å²) in [6.45, 7) is 0.868. The number of carbonyl (C=O) groups is 1. The smallest absolute Gasteiger partial charge is 0.335 e. The van der Waals surface area contributed by atoms with Gasteiger partial charge in [-0.05, 0) is 73.5 Å². The highest BCUT2D eigenvalue weighted by Crippen LogP contribution is 2.53. The number of hydrogen-bond donors (Lipinski definition) is 2. The lowest BCUT2D eigenvalue weighted by atomic mass is 9.54. The van der Waals surface area contributed by atoms with Gasteiger partial charge in [0.25, 0.3) is 0 Å². The Bertz CT molecular complexity index is 515. The van der Waals surface area contributed by atoms with Crippen molar-refractivity contribution in [3.8, 4) is 0 Å². The van der Waals surface area contributed by atoms with Gasteiger partial charge < -0.3 is 10.4 Å². The Morgan fingerprint density at radius 3 is 2.05 bits per heavy atom. The zero-order chi connectivity index (χ0) is 14.4. The van der Waals surface area contributed by atoms with E-state index in [1.807, 2.05) is 12.1 Å². The second-order valence-electron chi connectivity index (χ2n) is 7.34. The maximum absolute atomic E-state index is 10.9. The summed E-state index contributed by atoms with van der Waals surface area (Å²) < 4.78 is 0. The van der Waals surface area contributed by atoms with E-state index in [0.29, 0.717) is 11.6 Å². The number of benzene rings is 1. The van der Waals surface area contributed by atoms with Gasteiger partial charge >= 0.3 is 5.97 Å². The molecule has 0 aromatic heterocycles.